The molecule has 0 fully saturated rings. The number of halogens is 1. The third kappa shape index (κ3) is 2.88. The number of H-pyrrole nitrogens is 1. The highest BCUT2D eigenvalue weighted by molar-refractivity contribution is 7.92. The van der Waals surface area contributed by atoms with E-state index in [0.717, 1.165) is 18.3 Å². The van der Waals surface area contributed by atoms with E-state index >= 15 is 0 Å². The number of rotatable bonds is 4. The molecule has 2 aromatic rings. The van der Waals surface area contributed by atoms with E-state index in [2.05, 4.69) is 14.7 Å². The number of anilines is 1. The van der Waals surface area contributed by atoms with E-state index in [1.165, 1.54) is 12.4 Å². The number of nitrogens with zero attached hydrogens (tertiary/aromatic N) is 1. The maximum atomic E-state index is 13.1. The average molecular weight is 300 g/mol. The van der Waals surface area contributed by atoms with Gasteiger partial charge in [-0.3, -0.25) is 4.72 Å². The van der Waals surface area contributed by atoms with Crippen LogP contribution in [0.5, 0.6) is 0 Å². The van der Waals surface area contributed by atoms with Crippen LogP contribution in [0.4, 0.5) is 10.1 Å². The summed E-state index contributed by atoms with van der Waals surface area (Å²) in [5.41, 5.74) is 5.64. The molecule has 1 aromatic carbocycles. The van der Waals surface area contributed by atoms with E-state index in [1.54, 1.807) is 0 Å². The molecule has 0 spiro atoms. The third-order valence-electron chi connectivity index (χ3n) is 2.25. The van der Waals surface area contributed by atoms with Crippen LogP contribution in [0.1, 0.15) is 5.56 Å². The molecule has 0 aliphatic rings. The number of nitrogens with one attached hydrogen (secondary N) is 2. The minimum Gasteiger partial charge on any atom is -0.389 e. The van der Waals surface area contributed by atoms with Gasteiger partial charge in [-0.15, -0.1) is 0 Å². The van der Waals surface area contributed by atoms with E-state index in [-0.39, 0.29) is 21.3 Å². The molecule has 0 aliphatic heterocycles. The first-order valence-corrected chi connectivity index (χ1v) is 6.90. The smallest absolute Gasteiger partial charge is 0.278 e. The zero-order valence-electron chi connectivity index (χ0n) is 9.42. The fraction of sp³-hybridized carbons (Fsp3) is 0. The zero-order valence-corrected chi connectivity index (χ0v) is 11.1. The van der Waals surface area contributed by atoms with Gasteiger partial charge in [0.1, 0.15) is 10.8 Å². The number of hydrogen-bond acceptors (Lipinski definition) is 4. The summed E-state index contributed by atoms with van der Waals surface area (Å²) < 4.78 is 39.3. The number of sulfonamides is 1. The van der Waals surface area contributed by atoms with Crippen molar-refractivity contribution in [2.75, 3.05) is 4.72 Å². The molecular formula is C10H9FN4O2S2. The lowest BCUT2D eigenvalue weighted by Gasteiger charge is -2.10. The van der Waals surface area contributed by atoms with Gasteiger partial charge < -0.3 is 10.7 Å². The lowest BCUT2D eigenvalue weighted by Crippen LogP contribution is -2.18. The largest absolute Gasteiger partial charge is 0.389 e. The molecule has 6 nitrogen and oxygen atoms in total. The van der Waals surface area contributed by atoms with E-state index in [4.69, 9.17) is 18.0 Å². The SMILES string of the molecule is NC(=S)c1cc(F)ccc1NS(=O)(=O)c1cnc[nH]1. The van der Waals surface area contributed by atoms with Gasteiger partial charge in [-0.05, 0) is 18.2 Å². The highest BCUT2D eigenvalue weighted by Crippen LogP contribution is 2.20. The number of benzene rings is 1. The van der Waals surface area contributed by atoms with Crippen molar-refractivity contribution in [2.24, 2.45) is 5.73 Å². The van der Waals surface area contributed by atoms with E-state index in [9.17, 15) is 12.8 Å². The molecule has 2 rings (SSSR count). The van der Waals surface area contributed by atoms with Crippen LogP contribution in [0.2, 0.25) is 0 Å². The van der Waals surface area contributed by atoms with Crippen molar-refractivity contribution in [2.45, 2.75) is 5.03 Å². The van der Waals surface area contributed by atoms with Crippen molar-refractivity contribution in [3.05, 3.63) is 42.1 Å². The molecule has 0 amide bonds. The van der Waals surface area contributed by atoms with Gasteiger partial charge in [-0.1, -0.05) is 12.2 Å². The summed E-state index contributed by atoms with van der Waals surface area (Å²) in [5.74, 6) is -0.563. The summed E-state index contributed by atoms with van der Waals surface area (Å²) in [4.78, 5) is 5.97. The van der Waals surface area contributed by atoms with E-state index in [0.29, 0.717) is 0 Å². The Morgan fingerprint density at radius 2 is 2.21 bits per heavy atom. The van der Waals surface area contributed by atoms with E-state index in [1.807, 2.05) is 0 Å². The van der Waals surface area contributed by atoms with Crippen LogP contribution in [-0.4, -0.2) is 23.4 Å². The average Bonchev–Trinajstić information content (AvgIpc) is 2.85. The molecule has 0 unspecified atom stereocenters. The number of thiocarbonyl (C=S) groups is 1. The van der Waals surface area contributed by atoms with Crippen LogP contribution >= 0.6 is 12.2 Å². The summed E-state index contributed by atoms with van der Waals surface area (Å²) in [7, 11) is -3.84. The number of nitrogens with two attached hydrogens (primary N) is 1. The van der Waals surface area contributed by atoms with Crippen molar-refractivity contribution in [1.82, 2.24) is 9.97 Å². The molecule has 4 N–H and O–H groups in total. The standard InChI is InChI=1S/C10H9FN4O2S2/c11-6-1-2-8(7(3-6)10(12)18)15-19(16,17)9-4-13-5-14-9/h1-5,15H,(H2,12,18)(H,13,14). The van der Waals surface area contributed by atoms with Gasteiger partial charge in [-0.2, -0.15) is 8.42 Å². The molecule has 0 saturated carbocycles. The predicted octanol–water partition coefficient (Wildman–Crippen LogP) is 0.984. The Balaban J connectivity index is 2.42. The van der Waals surface area contributed by atoms with E-state index < -0.39 is 15.8 Å². The molecule has 9 heteroatoms. The molecular weight excluding hydrogens is 291 g/mol. The summed E-state index contributed by atoms with van der Waals surface area (Å²) in [6.45, 7) is 0. The van der Waals surface area contributed by atoms with Crippen LogP contribution in [0.25, 0.3) is 0 Å². The Morgan fingerprint density at radius 3 is 2.79 bits per heavy atom. The van der Waals surface area contributed by atoms with Gasteiger partial charge in [0.2, 0.25) is 0 Å². The molecule has 0 atom stereocenters. The second-order valence-corrected chi connectivity index (χ2v) is 5.67. The number of imidazole rings is 1. The van der Waals surface area contributed by atoms with Gasteiger partial charge in [-0.25, -0.2) is 9.37 Å². The Kier molecular flexibility index (Phi) is 3.49. The van der Waals surface area contributed by atoms with Crippen LogP contribution in [0.15, 0.2) is 35.7 Å². The molecule has 0 radical (unpaired) electrons. The van der Waals surface area contributed by atoms with Crippen molar-refractivity contribution >= 4 is 32.9 Å². The molecule has 0 bridgehead atoms. The van der Waals surface area contributed by atoms with Crippen LogP contribution in [-0.2, 0) is 10.0 Å². The number of hydrogen-bond donors (Lipinski definition) is 3. The summed E-state index contributed by atoms with van der Waals surface area (Å²) >= 11 is 4.75. The summed E-state index contributed by atoms with van der Waals surface area (Å²) in [6.07, 6.45) is 2.37. The first-order valence-electron chi connectivity index (χ1n) is 5.01. The van der Waals surface area contributed by atoms with Gasteiger partial charge in [0.15, 0.2) is 5.03 Å². The Labute approximate surface area is 113 Å². The van der Waals surface area contributed by atoms with Crippen molar-refractivity contribution in [3.63, 3.8) is 0 Å². The van der Waals surface area contributed by atoms with Gasteiger partial charge in [0, 0.05) is 5.56 Å². The predicted molar refractivity (Wildman–Crippen MR) is 71.7 cm³/mol. The minimum atomic E-state index is -3.84. The maximum absolute atomic E-state index is 13.1. The monoisotopic (exact) mass is 300 g/mol. The molecule has 0 aliphatic carbocycles. The highest BCUT2D eigenvalue weighted by Gasteiger charge is 2.18. The summed E-state index contributed by atoms with van der Waals surface area (Å²) in [6, 6.07) is 3.41. The number of aromatic nitrogens is 2. The lowest BCUT2D eigenvalue weighted by molar-refractivity contribution is 0.598. The zero-order chi connectivity index (χ0) is 14.0. The van der Waals surface area contributed by atoms with Crippen molar-refractivity contribution < 1.29 is 12.8 Å². The molecule has 100 valence electrons. The van der Waals surface area contributed by atoms with Crippen LogP contribution in [0, 0.1) is 5.82 Å². The Morgan fingerprint density at radius 1 is 1.47 bits per heavy atom. The Hall–Kier alpha value is -2.00. The van der Waals surface area contributed by atoms with Crippen molar-refractivity contribution in [1.29, 1.82) is 0 Å². The van der Waals surface area contributed by atoms with Gasteiger partial charge in [0.05, 0.1) is 18.2 Å². The van der Waals surface area contributed by atoms with Gasteiger partial charge in [0.25, 0.3) is 10.0 Å². The molecule has 19 heavy (non-hydrogen) atoms. The fourth-order valence-electron chi connectivity index (χ4n) is 1.40. The Bertz CT molecular complexity index is 713. The maximum Gasteiger partial charge on any atom is 0.278 e. The minimum absolute atomic E-state index is 0.100. The third-order valence-corrected chi connectivity index (χ3v) is 3.76. The number of aromatic amines is 1. The topological polar surface area (TPSA) is 101 Å². The first kappa shape index (κ1) is 13.4. The quantitative estimate of drug-likeness (QED) is 0.731. The van der Waals surface area contributed by atoms with Gasteiger partial charge >= 0.3 is 0 Å². The second kappa shape index (κ2) is 4.94. The fourth-order valence-corrected chi connectivity index (χ4v) is 2.55. The normalized spacial score (nSPS) is 11.2. The van der Waals surface area contributed by atoms with Crippen LogP contribution < -0.4 is 10.5 Å². The molecule has 0 saturated heterocycles. The van der Waals surface area contributed by atoms with Crippen LogP contribution in [0.3, 0.4) is 0 Å². The molecule has 1 heterocycles. The highest BCUT2D eigenvalue weighted by atomic mass is 32.2. The summed E-state index contributed by atoms with van der Waals surface area (Å²) in [5, 5.41) is -0.120. The van der Waals surface area contributed by atoms with Crippen molar-refractivity contribution in [3.8, 4) is 0 Å². The molecule has 1 aromatic heterocycles. The first-order chi connectivity index (χ1) is 8.90. The second-order valence-electron chi connectivity index (χ2n) is 3.58. The lowest BCUT2D eigenvalue weighted by atomic mass is 10.2.